The van der Waals surface area contributed by atoms with Crippen LogP contribution in [0.2, 0.25) is 0 Å². The predicted octanol–water partition coefficient (Wildman–Crippen LogP) is 2.32. The number of hydrogen-bond donors (Lipinski definition) is 0. The van der Waals surface area contributed by atoms with E-state index < -0.39 is 18.8 Å². The summed E-state index contributed by atoms with van der Waals surface area (Å²) in [6.45, 7) is 0.781. The van der Waals surface area contributed by atoms with E-state index in [1.54, 1.807) is 6.92 Å². The zero-order chi connectivity index (χ0) is 10.8. The molecule has 0 aromatic carbocycles. The summed E-state index contributed by atoms with van der Waals surface area (Å²) in [6, 6.07) is 1.30. The third kappa shape index (κ3) is 3.18. The van der Waals surface area contributed by atoms with Crippen LogP contribution in [-0.2, 0) is 0 Å². The Labute approximate surface area is 81.3 Å². The molecule has 1 aliphatic rings. The third-order valence-electron chi connectivity index (χ3n) is 2.31. The monoisotopic (exact) mass is 206 g/mol. The number of alkyl halides is 3. The maximum atomic E-state index is 12.2. The molecule has 0 radical (unpaired) electrons. The van der Waals surface area contributed by atoms with Crippen LogP contribution in [0.1, 0.15) is 26.2 Å². The van der Waals surface area contributed by atoms with Gasteiger partial charge in [-0.1, -0.05) is 6.92 Å². The Morgan fingerprint density at radius 1 is 1.50 bits per heavy atom. The van der Waals surface area contributed by atoms with Crippen molar-refractivity contribution in [3.05, 3.63) is 0 Å². The summed E-state index contributed by atoms with van der Waals surface area (Å²) >= 11 is 0. The zero-order valence-electron chi connectivity index (χ0n) is 8.01. The van der Waals surface area contributed by atoms with Crippen LogP contribution in [0.3, 0.4) is 0 Å². The van der Waals surface area contributed by atoms with Crippen LogP contribution < -0.4 is 0 Å². The summed E-state index contributed by atoms with van der Waals surface area (Å²) in [4.78, 5) is 1.28. The summed E-state index contributed by atoms with van der Waals surface area (Å²) < 4.78 is 36.5. The highest BCUT2D eigenvalue weighted by Gasteiger charge is 2.40. The molecule has 0 N–H and O–H groups in total. The average molecular weight is 206 g/mol. The first-order chi connectivity index (χ1) is 6.48. The Balaban J connectivity index is 2.59. The van der Waals surface area contributed by atoms with Gasteiger partial charge >= 0.3 is 6.18 Å². The van der Waals surface area contributed by atoms with Crippen LogP contribution in [0.5, 0.6) is 0 Å². The lowest BCUT2D eigenvalue weighted by Crippen LogP contribution is -2.42. The Morgan fingerprint density at radius 3 is 2.36 bits per heavy atom. The van der Waals surface area contributed by atoms with Crippen molar-refractivity contribution in [3.63, 3.8) is 0 Å². The van der Waals surface area contributed by atoms with Crippen LogP contribution in [0.15, 0.2) is 0 Å². The number of hydrogen-bond acceptors (Lipinski definition) is 2. The van der Waals surface area contributed by atoms with Gasteiger partial charge in [0.15, 0.2) is 0 Å². The van der Waals surface area contributed by atoms with Crippen molar-refractivity contribution in [1.82, 2.24) is 4.90 Å². The molecule has 0 aliphatic heterocycles. The summed E-state index contributed by atoms with van der Waals surface area (Å²) in [5, 5.41) is 8.71. The first-order valence-electron chi connectivity index (χ1n) is 4.70. The highest BCUT2D eigenvalue weighted by Crippen LogP contribution is 2.32. The number of nitriles is 1. The van der Waals surface area contributed by atoms with Crippen LogP contribution in [0, 0.1) is 11.3 Å². The Bertz CT molecular complexity index is 227. The second kappa shape index (κ2) is 4.18. The van der Waals surface area contributed by atoms with Crippen molar-refractivity contribution >= 4 is 0 Å². The Kier molecular flexibility index (Phi) is 3.38. The summed E-state index contributed by atoms with van der Waals surface area (Å²) in [6.07, 6.45) is -2.18. The topological polar surface area (TPSA) is 27.0 Å². The maximum Gasteiger partial charge on any atom is 0.401 e. The highest BCUT2D eigenvalue weighted by atomic mass is 19.4. The Morgan fingerprint density at radius 2 is 2.07 bits per heavy atom. The molecule has 0 saturated heterocycles. The van der Waals surface area contributed by atoms with Gasteiger partial charge in [0, 0.05) is 6.04 Å². The van der Waals surface area contributed by atoms with Crippen LogP contribution in [0.25, 0.3) is 0 Å². The molecule has 1 fully saturated rings. The first kappa shape index (κ1) is 11.3. The lowest BCUT2D eigenvalue weighted by Gasteiger charge is -2.26. The lowest BCUT2D eigenvalue weighted by atomic mass is 10.2. The van der Waals surface area contributed by atoms with Gasteiger partial charge in [-0.05, 0) is 19.3 Å². The van der Waals surface area contributed by atoms with Gasteiger partial charge in [0.2, 0.25) is 0 Å². The zero-order valence-corrected chi connectivity index (χ0v) is 8.01. The van der Waals surface area contributed by atoms with Gasteiger partial charge in [-0.3, -0.25) is 4.90 Å². The summed E-state index contributed by atoms with van der Waals surface area (Å²) in [5.74, 6) is 0. The molecule has 1 atom stereocenters. The number of nitrogens with zero attached hydrogens (tertiary/aromatic N) is 2. The SMILES string of the molecule is CCC(C#N)N(CC(F)(F)F)C1CC1. The first-order valence-corrected chi connectivity index (χ1v) is 4.70. The maximum absolute atomic E-state index is 12.2. The minimum absolute atomic E-state index is 0.0266. The van der Waals surface area contributed by atoms with E-state index in [1.165, 1.54) is 4.90 Å². The fourth-order valence-corrected chi connectivity index (χ4v) is 1.51. The molecule has 0 bridgehead atoms. The standard InChI is InChI=1S/C9H13F3N2/c1-2-7(5-13)14(8-3-4-8)6-9(10,11)12/h7-8H,2-4,6H2,1H3. The van der Waals surface area contributed by atoms with Crippen molar-refractivity contribution < 1.29 is 13.2 Å². The molecule has 0 amide bonds. The van der Waals surface area contributed by atoms with E-state index in [9.17, 15) is 13.2 Å². The third-order valence-corrected chi connectivity index (χ3v) is 2.31. The quantitative estimate of drug-likeness (QED) is 0.705. The van der Waals surface area contributed by atoms with Crippen molar-refractivity contribution in [2.75, 3.05) is 6.54 Å². The minimum Gasteiger partial charge on any atom is -0.276 e. The van der Waals surface area contributed by atoms with Crippen molar-refractivity contribution in [2.45, 2.75) is 44.4 Å². The lowest BCUT2D eigenvalue weighted by molar-refractivity contribution is -0.150. The average Bonchev–Trinajstić information content (AvgIpc) is 2.84. The van der Waals surface area contributed by atoms with Gasteiger partial charge in [0.1, 0.15) is 0 Å². The van der Waals surface area contributed by atoms with E-state index in [0.717, 1.165) is 12.8 Å². The number of halogens is 3. The van der Waals surface area contributed by atoms with Crippen LogP contribution >= 0.6 is 0 Å². The molecule has 0 aromatic heterocycles. The molecular formula is C9H13F3N2. The molecule has 1 aliphatic carbocycles. The molecule has 5 heteroatoms. The Hall–Kier alpha value is -0.760. The summed E-state index contributed by atoms with van der Waals surface area (Å²) in [5.41, 5.74) is 0. The second-order valence-corrected chi connectivity index (χ2v) is 3.57. The normalized spacial score (nSPS) is 19.4. The molecule has 0 aromatic rings. The van der Waals surface area contributed by atoms with E-state index in [2.05, 4.69) is 0 Å². The second-order valence-electron chi connectivity index (χ2n) is 3.57. The van der Waals surface area contributed by atoms with Gasteiger partial charge in [-0.15, -0.1) is 0 Å². The van der Waals surface area contributed by atoms with E-state index in [-0.39, 0.29) is 6.04 Å². The van der Waals surface area contributed by atoms with Crippen molar-refractivity contribution in [3.8, 4) is 6.07 Å². The minimum atomic E-state index is -4.20. The molecule has 0 spiro atoms. The largest absolute Gasteiger partial charge is 0.401 e. The van der Waals surface area contributed by atoms with E-state index >= 15 is 0 Å². The van der Waals surface area contributed by atoms with Crippen molar-refractivity contribution in [2.24, 2.45) is 0 Å². The molecule has 80 valence electrons. The van der Waals surface area contributed by atoms with Gasteiger partial charge in [0.25, 0.3) is 0 Å². The van der Waals surface area contributed by atoms with Crippen LogP contribution in [0.4, 0.5) is 13.2 Å². The molecule has 1 unspecified atom stereocenters. The molecule has 1 saturated carbocycles. The van der Waals surface area contributed by atoms with E-state index in [4.69, 9.17) is 5.26 Å². The van der Waals surface area contributed by atoms with Gasteiger partial charge in [0.05, 0.1) is 18.7 Å². The molecule has 1 rings (SSSR count). The molecular weight excluding hydrogens is 193 g/mol. The highest BCUT2D eigenvalue weighted by molar-refractivity contribution is 4.98. The molecule has 0 heterocycles. The fraction of sp³-hybridized carbons (Fsp3) is 0.889. The molecule has 14 heavy (non-hydrogen) atoms. The van der Waals surface area contributed by atoms with Gasteiger partial charge in [-0.25, -0.2) is 0 Å². The van der Waals surface area contributed by atoms with Gasteiger partial charge < -0.3 is 0 Å². The van der Waals surface area contributed by atoms with Crippen LogP contribution in [-0.4, -0.2) is 29.7 Å². The smallest absolute Gasteiger partial charge is 0.276 e. The predicted molar refractivity (Wildman–Crippen MR) is 45.5 cm³/mol. The van der Waals surface area contributed by atoms with E-state index in [0.29, 0.717) is 6.42 Å². The van der Waals surface area contributed by atoms with Gasteiger partial charge in [-0.2, -0.15) is 18.4 Å². The fourth-order valence-electron chi connectivity index (χ4n) is 1.51. The molecule has 2 nitrogen and oxygen atoms in total. The number of rotatable bonds is 4. The summed E-state index contributed by atoms with van der Waals surface area (Å²) in [7, 11) is 0. The van der Waals surface area contributed by atoms with Crippen molar-refractivity contribution in [1.29, 1.82) is 5.26 Å². The van der Waals surface area contributed by atoms with E-state index in [1.807, 2.05) is 6.07 Å².